The number of rotatable bonds is 1. The van der Waals surface area contributed by atoms with Crippen molar-refractivity contribution < 1.29 is 0 Å². The highest BCUT2D eigenvalue weighted by Gasteiger charge is 2.05. The predicted molar refractivity (Wildman–Crippen MR) is 71.8 cm³/mol. The Morgan fingerprint density at radius 3 is 2.53 bits per heavy atom. The highest BCUT2D eigenvalue weighted by Crippen LogP contribution is 2.01. The van der Waals surface area contributed by atoms with E-state index in [0.717, 1.165) is 25.5 Å². The van der Waals surface area contributed by atoms with Gasteiger partial charge in [0.2, 0.25) is 0 Å². The zero-order chi connectivity index (χ0) is 11.9. The first kappa shape index (κ1) is 11.6. The zero-order valence-electron chi connectivity index (χ0n) is 10.1. The van der Waals surface area contributed by atoms with E-state index in [2.05, 4.69) is 39.7 Å². The van der Waals surface area contributed by atoms with Crippen molar-refractivity contribution in [2.24, 2.45) is 9.98 Å². The lowest BCUT2D eigenvalue weighted by Crippen LogP contribution is -2.19. The minimum Gasteiger partial charge on any atom is -0.374 e. The molecule has 2 aliphatic heterocycles. The van der Waals surface area contributed by atoms with Crippen LogP contribution in [0.25, 0.3) is 0 Å². The Hall–Kier alpha value is -1.84. The fourth-order valence-electron chi connectivity index (χ4n) is 1.64. The molecule has 0 saturated carbocycles. The number of nitrogens with one attached hydrogen (secondary N) is 2. The van der Waals surface area contributed by atoms with Gasteiger partial charge in [0, 0.05) is 18.7 Å². The average molecular weight is 230 g/mol. The molecule has 0 aliphatic carbocycles. The second-order valence-corrected chi connectivity index (χ2v) is 4.06. The van der Waals surface area contributed by atoms with Gasteiger partial charge in [-0.15, -0.1) is 0 Å². The Balaban J connectivity index is 0.000000153. The summed E-state index contributed by atoms with van der Waals surface area (Å²) in [6.07, 6.45) is 1.75. The number of benzene rings is 1. The molecule has 2 heterocycles. The van der Waals surface area contributed by atoms with Crippen molar-refractivity contribution >= 4 is 12.2 Å². The highest BCUT2D eigenvalue weighted by molar-refractivity contribution is 5.99. The molecule has 3 rings (SSSR count). The molecule has 1 aromatic carbocycles. The Morgan fingerprint density at radius 1 is 1.24 bits per heavy atom. The quantitative estimate of drug-likeness (QED) is 0.757. The van der Waals surface area contributed by atoms with Crippen LogP contribution in [0.4, 0.5) is 0 Å². The third kappa shape index (κ3) is 3.59. The first-order valence-electron chi connectivity index (χ1n) is 5.95. The number of nitrogens with zero attached hydrogens (tertiary/aromatic N) is 2. The summed E-state index contributed by atoms with van der Waals surface area (Å²) in [7, 11) is 0. The summed E-state index contributed by atoms with van der Waals surface area (Å²) >= 11 is 0. The van der Waals surface area contributed by atoms with E-state index >= 15 is 0 Å². The van der Waals surface area contributed by atoms with Crippen LogP contribution in [0.5, 0.6) is 0 Å². The van der Waals surface area contributed by atoms with Gasteiger partial charge in [0.05, 0.1) is 18.9 Å². The Bertz CT molecular complexity index is 397. The summed E-state index contributed by atoms with van der Waals surface area (Å²) in [5.41, 5.74) is 1.19. The molecule has 4 heteroatoms. The van der Waals surface area contributed by atoms with Gasteiger partial charge < -0.3 is 10.6 Å². The molecule has 0 fully saturated rings. The SMILES string of the molecule is CC1CNC=N1.c1ccc(C2=NCCN2)cc1. The summed E-state index contributed by atoms with van der Waals surface area (Å²) in [4.78, 5) is 8.31. The lowest BCUT2D eigenvalue weighted by Gasteiger charge is -1.99. The van der Waals surface area contributed by atoms with Gasteiger partial charge in [-0.25, -0.2) is 0 Å². The molecule has 0 bridgehead atoms. The van der Waals surface area contributed by atoms with Gasteiger partial charge in [-0.3, -0.25) is 9.98 Å². The fourth-order valence-corrected chi connectivity index (χ4v) is 1.64. The molecule has 0 saturated heterocycles. The van der Waals surface area contributed by atoms with Crippen molar-refractivity contribution in [2.45, 2.75) is 13.0 Å². The molecule has 90 valence electrons. The molecule has 4 nitrogen and oxygen atoms in total. The third-order valence-electron chi connectivity index (χ3n) is 2.55. The van der Waals surface area contributed by atoms with Crippen molar-refractivity contribution in [1.29, 1.82) is 0 Å². The van der Waals surface area contributed by atoms with Gasteiger partial charge >= 0.3 is 0 Å². The molecule has 1 atom stereocenters. The van der Waals surface area contributed by atoms with Crippen LogP contribution in [0, 0.1) is 0 Å². The van der Waals surface area contributed by atoms with E-state index in [4.69, 9.17) is 0 Å². The van der Waals surface area contributed by atoms with E-state index in [9.17, 15) is 0 Å². The van der Waals surface area contributed by atoms with E-state index in [0.29, 0.717) is 6.04 Å². The van der Waals surface area contributed by atoms with E-state index in [1.165, 1.54) is 5.56 Å². The molecular weight excluding hydrogens is 212 g/mol. The summed E-state index contributed by atoms with van der Waals surface area (Å²) in [6.45, 7) is 4.98. The molecular formula is C13H18N4. The number of hydrogen-bond acceptors (Lipinski definition) is 4. The van der Waals surface area contributed by atoms with Gasteiger partial charge in [0.15, 0.2) is 0 Å². The van der Waals surface area contributed by atoms with Crippen LogP contribution in [0.15, 0.2) is 40.3 Å². The van der Waals surface area contributed by atoms with Crippen LogP contribution in [0.3, 0.4) is 0 Å². The summed E-state index contributed by atoms with van der Waals surface area (Å²) in [5, 5.41) is 6.20. The van der Waals surface area contributed by atoms with Crippen molar-refractivity contribution in [3.63, 3.8) is 0 Å². The van der Waals surface area contributed by atoms with E-state index in [1.54, 1.807) is 6.34 Å². The number of aliphatic imine (C=N–C) groups is 2. The maximum Gasteiger partial charge on any atom is 0.128 e. The standard InChI is InChI=1S/C9H10N2.C4H8N2/c1-2-4-8(5-3-1)9-10-6-7-11-9;1-4-2-5-3-6-4/h1-5H,6-7H2,(H,10,11);3-4H,2H2,1H3,(H,5,6). The van der Waals surface area contributed by atoms with E-state index in [-0.39, 0.29) is 0 Å². The monoisotopic (exact) mass is 230 g/mol. The summed E-state index contributed by atoms with van der Waals surface area (Å²) < 4.78 is 0. The average Bonchev–Trinajstić information content (AvgIpc) is 3.03. The van der Waals surface area contributed by atoms with Gasteiger partial charge in [0.25, 0.3) is 0 Å². The minimum absolute atomic E-state index is 0.505. The second-order valence-electron chi connectivity index (χ2n) is 4.06. The molecule has 1 aromatic rings. The Labute approximate surface area is 102 Å². The first-order chi connectivity index (χ1) is 8.36. The molecule has 0 aromatic heterocycles. The summed E-state index contributed by atoms with van der Waals surface area (Å²) in [6, 6.07) is 10.7. The zero-order valence-corrected chi connectivity index (χ0v) is 10.1. The molecule has 2 aliphatic rings. The Kier molecular flexibility index (Phi) is 4.13. The van der Waals surface area contributed by atoms with Crippen molar-refractivity contribution in [2.75, 3.05) is 19.6 Å². The maximum atomic E-state index is 4.31. The molecule has 0 spiro atoms. The second kappa shape index (κ2) is 6.03. The third-order valence-corrected chi connectivity index (χ3v) is 2.55. The van der Waals surface area contributed by atoms with Crippen LogP contribution >= 0.6 is 0 Å². The molecule has 0 radical (unpaired) electrons. The lowest BCUT2D eigenvalue weighted by molar-refractivity contribution is 0.766. The van der Waals surface area contributed by atoms with Gasteiger partial charge in [0.1, 0.15) is 5.84 Å². The van der Waals surface area contributed by atoms with Crippen molar-refractivity contribution in [3.8, 4) is 0 Å². The van der Waals surface area contributed by atoms with E-state index < -0.39 is 0 Å². The predicted octanol–water partition coefficient (Wildman–Crippen LogP) is 1.04. The molecule has 1 unspecified atom stereocenters. The van der Waals surface area contributed by atoms with Crippen LogP contribution in [-0.4, -0.2) is 37.9 Å². The highest BCUT2D eigenvalue weighted by atomic mass is 15.1. The normalized spacial score (nSPS) is 21.0. The van der Waals surface area contributed by atoms with Crippen LogP contribution < -0.4 is 10.6 Å². The lowest BCUT2D eigenvalue weighted by atomic mass is 10.2. The van der Waals surface area contributed by atoms with E-state index in [1.807, 2.05) is 18.2 Å². The largest absolute Gasteiger partial charge is 0.374 e. The maximum absolute atomic E-state index is 4.31. The van der Waals surface area contributed by atoms with Crippen LogP contribution in [-0.2, 0) is 0 Å². The number of hydrogen-bond donors (Lipinski definition) is 2. The van der Waals surface area contributed by atoms with Crippen molar-refractivity contribution in [3.05, 3.63) is 35.9 Å². The minimum atomic E-state index is 0.505. The molecule has 0 amide bonds. The number of amidine groups is 1. The smallest absolute Gasteiger partial charge is 0.128 e. The topological polar surface area (TPSA) is 48.8 Å². The first-order valence-corrected chi connectivity index (χ1v) is 5.95. The molecule has 2 N–H and O–H groups in total. The van der Waals surface area contributed by atoms with Crippen LogP contribution in [0.1, 0.15) is 12.5 Å². The molecule has 17 heavy (non-hydrogen) atoms. The Morgan fingerprint density at radius 2 is 2.06 bits per heavy atom. The van der Waals surface area contributed by atoms with Crippen LogP contribution in [0.2, 0.25) is 0 Å². The van der Waals surface area contributed by atoms with Gasteiger partial charge in [-0.2, -0.15) is 0 Å². The summed E-state index contributed by atoms with van der Waals surface area (Å²) in [5.74, 6) is 1.03. The fraction of sp³-hybridized carbons (Fsp3) is 0.385. The van der Waals surface area contributed by atoms with Gasteiger partial charge in [-0.1, -0.05) is 30.3 Å². The van der Waals surface area contributed by atoms with Gasteiger partial charge in [-0.05, 0) is 6.92 Å². The van der Waals surface area contributed by atoms with Crippen molar-refractivity contribution in [1.82, 2.24) is 10.6 Å².